The van der Waals surface area contributed by atoms with Crippen molar-refractivity contribution in [2.75, 3.05) is 5.32 Å². The molecule has 1 aromatic heterocycles. The Bertz CT molecular complexity index is 863. The molecule has 3 aromatic rings. The van der Waals surface area contributed by atoms with E-state index in [1.807, 2.05) is 53.9 Å². The maximum atomic E-state index is 12.5. The van der Waals surface area contributed by atoms with Gasteiger partial charge in [0, 0.05) is 16.6 Å². The number of thiazole rings is 1. The fourth-order valence-electron chi connectivity index (χ4n) is 2.71. The minimum Gasteiger partial charge on any atom is -0.325 e. The third-order valence-corrected chi connectivity index (χ3v) is 4.86. The van der Waals surface area contributed by atoms with E-state index in [1.54, 1.807) is 11.3 Å². The van der Waals surface area contributed by atoms with E-state index in [2.05, 4.69) is 37.1 Å². The molecule has 0 aliphatic heterocycles. The average Bonchev–Trinajstić information content (AvgIpc) is 3.03. The van der Waals surface area contributed by atoms with Gasteiger partial charge in [-0.3, -0.25) is 4.79 Å². The smallest absolute Gasteiger partial charge is 0.230 e. The second kappa shape index (κ2) is 7.19. The molecule has 0 unspecified atom stereocenters. The molecule has 128 valence electrons. The highest BCUT2D eigenvalue weighted by Crippen LogP contribution is 2.29. The number of nitrogens with one attached hydrogen (secondary N) is 1. The lowest BCUT2D eigenvalue weighted by atomic mass is 9.86. The average molecular weight is 350 g/mol. The lowest BCUT2D eigenvalue weighted by Crippen LogP contribution is -2.20. The number of para-hydroxylation sites is 1. The summed E-state index contributed by atoms with van der Waals surface area (Å²) < 4.78 is 0. The Balaban J connectivity index is 1.71. The van der Waals surface area contributed by atoms with Gasteiger partial charge in [0.25, 0.3) is 0 Å². The van der Waals surface area contributed by atoms with E-state index < -0.39 is 0 Å². The number of aromatic nitrogens is 1. The molecule has 0 aliphatic carbocycles. The van der Waals surface area contributed by atoms with Crippen molar-refractivity contribution in [3.8, 4) is 10.6 Å². The van der Waals surface area contributed by atoms with Crippen LogP contribution in [-0.2, 0) is 16.6 Å². The van der Waals surface area contributed by atoms with Crippen LogP contribution in [0.4, 0.5) is 5.69 Å². The summed E-state index contributed by atoms with van der Waals surface area (Å²) >= 11 is 1.57. The quantitative estimate of drug-likeness (QED) is 0.695. The minimum absolute atomic E-state index is 0.0228. The second-order valence-electron chi connectivity index (χ2n) is 7.03. The topological polar surface area (TPSA) is 42.0 Å². The van der Waals surface area contributed by atoms with E-state index in [9.17, 15) is 4.79 Å². The second-order valence-corrected chi connectivity index (χ2v) is 7.89. The van der Waals surface area contributed by atoms with Crippen LogP contribution in [0.5, 0.6) is 0 Å². The van der Waals surface area contributed by atoms with E-state index in [4.69, 9.17) is 0 Å². The van der Waals surface area contributed by atoms with Crippen LogP contribution in [0, 0.1) is 0 Å². The molecule has 0 saturated heterocycles. The predicted octanol–water partition coefficient (Wildman–Crippen LogP) is 5.29. The molecule has 2 aromatic carbocycles. The van der Waals surface area contributed by atoms with Gasteiger partial charge in [0.05, 0.1) is 12.1 Å². The van der Waals surface area contributed by atoms with E-state index in [-0.39, 0.29) is 17.7 Å². The number of benzene rings is 2. The highest BCUT2D eigenvalue weighted by molar-refractivity contribution is 7.13. The zero-order chi connectivity index (χ0) is 17.9. The summed E-state index contributed by atoms with van der Waals surface area (Å²) in [4.78, 5) is 17.1. The molecule has 0 radical (unpaired) electrons. The Labute approximate surface area is 152 Å². The number of carbonyl (C=O) groups is 1. The van der Waals surface area contributed by atoms with Crippen LogP contribution in [0.1, 0.15) is 32.0 Å². The summed E-state index contributed by atoms with van der Waals surface area (Å²) in [6.45, 7) is 6.43. The van der Waals surface area contributed by atoms with Crippen molar-refractivity contribution in [3.63, 3.8) is 0 Å². The van der Waals surface area contributed by atoms with Crippen molar-refractivity contribution in [2.24, 2.45) is 0 Å². The number of amides is 1. The molecular formula is C21H22N2OS. The molecule has 0 bridgehead atoms. The van der Waals surface area contributed by atoms with Crippen molar-refractivity contribution in [1.29, 1.82) is 0 Å². The first-order valence-corrected chi connectivity index (χ1v) is 9.20. The van der Waals surface area contributed by atoms with Gasteiger partial charge in [-0.2, -0.15) is 0 Å². The fourth-order valence-corrected chi connectivity index (χ4v) is 3.53. The van der Waals surface area contributed by atoms with Crippen LogP contribution in [0.15, 0.2) is 60.0 Å². The first-order valence-electron chi connectivity index (χ1n) is 8.32. The fraction of sp³-hybridized carbons (Fsp3) is 0.238. The van der Waals surface area contributed by atoms with E-state index in [1.165, 1.54) is 0 Å². The van der Waals surface area contributed by atoms with Gasteiger partial charge in [-0.15, -0.1) is 11.3 Å². The molecule has 1 heterocycles. The number of rotatable bonds is 4. The number of nitrogens with zero attached hydrogens (tertiary/aromatic N) is 1. The summed E-state index contributed by atoms with van der Waals surface area (Å²) in [5.41, 5.74) is 3.86. The molecule has 1 N–H and O–H groups in total. The largest absolute Gasteiger partial charge is 0.325 e. The zero-order valence-corrected chi connectivity index (χ0v) is 15.6. The maximum absolute atomic E-state index is 12.5. The molecule has 25 heavy (non-hydrogen) atoms. The van der Waals surface area contributed by atoms with Gasteiger partial charge in [0.15, 0.2) is 0 Å². The van der Waals surface area contributed by atoms with Gasteiger partial charge < -0.3 is 5.32 Å². The normalized spacial score (nSPS) is 11.3. The predicted molar refractivity (Wildman–Crippen MR) is 105 cm³/mol. The molecule has 0 aliphatic rings. The molecule has 4 heteroatoms. The highest BCUT2D eigenvalue weighted by Gasteiger charge is 2.19. The van der Waals surface area contributed by atoms with E-state index in [0.717, 1.165) is 27.5 Å². The molecule has 3 nitrogen and oxygen atoms in total. The lowest BCUT2D eigenvalue weighted by Gasteiger charge is -2.22. The van der Waals surface area contributed by atoms with Gasteiger partial charge in [-0.1, -0.05) is 69.3 Å². The van der Waals surface area contributed by atoms with Gasteiger partial charge in [0.1, 0.15) is 5.01 Å². The third kappa shape index (κ3) is 4.34. The van der Waals surface area contributed by atoms with Crippen LogP contribution >= 0.6 is 11.3 Å². The molecule has 0 atom stereocenters. The van der Waals surface area contributed by atoms with Gasteiger partial charge in [-0.25, -0.2) is 4.98 Å². The monoisotopic (exact) mass is 350 g/mol. The Morgan fingerprint density at radius 1 is 1.04 bits per heavy atom. The summed E-state index contributed by atoms with van der Waals surface area (Å²) in [7, 11) is 0. The molecule has 0 fully saturated rings. The first kappa shape index (κ1) is 17.4. The lowest BCUT2D eigenvalue weighted by molar-refractivity contribution is -0.115. The summed E-state index contributed by atoms with van der Waals surface area (Å²) in [5, 5.41) is 5.94. The number of hydrogen-bond donors (Lipinski definition) is 1. The number of carbonyl (C=O) groups excluding carboxylic acids is 1. The Kier molecular flexibility index (Phi) is 5.00. The Morgan fingerprint density at radius 2 is 1.72 bits per heavy atom. The van der Waals surface area contributed by atoms with Crippen molar-refractivity contribution in [3.05, 3.63) is 71.2 Å². The molecular weight excluding hydrogens is 328 g/mol. The van der Waals surface area contributed by atoms with Gasteiger partial charge in [0.2, 0.25) is 5.91 Å². The summed E-state index contributed by atoms with van der Waals surface area (Å²) in [6, 6.07) is 18.0. The van der Waals surface area contributed by atoms with Crippen LogP contribution in [-0.4, -0.2) is 10.9 Å². The standard InChI is InChI=1S/C21H22N2OS/c1-21(2,3)17-11-7-8-12-18(17)23-19(24)13-16-14-25-20(22-16)15-9-5-4-6-10-15/h4-12,14H,13H2,1-3H3,(H,23,24). The van der Waals surface area contributed by atoms with Crippen LogP contribution < -0.4 is 5.32 Å². The van der Waals surface area contributed by atoms with E-state index >= 15 is 0 Å². The first-order chi connectivity index (χ1) is 11.9. The van der Waals surface area contributed by atoms with Crippen LogP contribution in [0.3, 0.4) is 0 Å². The summed E-state index contributed by atoms with van der Waals surface area (Å²) in [6.07, 6.45) is 0.280. The Hall–Kier alpha value is -2.46. The van der Waals surface area contributed by atoms with Gasteiger partial charge in [-0.05, 0) is 17.0 Å². The van der Waals surface area contributed by atoms with Crippen molar-refractivity contribution in [2.45, 2.75) is 32.6 Å². The highest BCUT2D eigenvalue weighted by atomic mass is 32.1. The van der Waals surface area contributed by atoms with Crippen molar-refractivity contribution >= 4 is 22.9 Å². The van der Waals surface area contributed by atoms with Gasteiger partial charge >= 0.3 is 0 Å². The zero-order valence-electron chi connectivity index (χ0n) is 14.7. The molecule has 0 spiro atoms. The van der Waals surface area contributed by atoms with Crippen LogP contribution in [0.2, 0.25) is 0 Å². The summed E-state index contributed by atoms with van der Waals surface area (Å²) in [5.74, 6) is -0.0402. The van der Waals surface area contributed by atoms with Crippen LogP contribution in [0.25, 0.3) is 10.6 Å². The molecule has 0 saturated carbocycles. The van der Waals surface area contributed by atoms with E-state index in [0.29, 0.717) is 0 Å². The molecule has 3 rings (SSSR count). The SMILES string of the molecule is CC(C)(C)c1ccccc1NC(=O)Cc1csc(-c2ccccc2)n1. The van der Waals surface area contributed by atoms with Crippen molar-refractivity contribution in [1.82, 2.24) is 4.98 Å². The maximum Gasteiger partial charge on any atom is 0.230 e. The third-order valence-electron chi connectivity index (χ3n) is 3.92. The molecule has 1 amide bonds. The minimum atomic E-state index is -0.0402. The number of anilines is 1. The number of hydrogen-bond acceptors (Lipinski definition) is 3. The van der Waals surface area contributed by atoms with Crippen molar-refractivity contribution < 1.29 is 4.79 Å². The Morgan fingerprint density at radius 3 is 2.44 bits per heavy atom.